The van der Waals surface area contributed by atoms with Crippen molar-refractivity contribution in [2.75, 3.05) is 12.0 Å². The molecule has 0 bridgehead atoms. The maximum atomic E-state index is 13.1. The molecule has 2 aromatic carbocycles. The topological polar surface area (TPSA) is 49.8 Å². The second-order valence-corrected chi connectivity index (χ2v) is 6.93. The van der Waals surface area contributed by atoms with Crippen molar-refractivity contribution < 1.29 is 14.6 Å². The molecule has 1 aliphatic heterocycles. The molecule has 3 rings (SSSR count). The lowest BCUT2D eigenvalue weighted by Crippen LogP contribution is -2.40. The molecule has 4 nitrogen and oxygen atoms in total. The predicted molar refractivity (Wildman–Crippen MR) is 103 cm³/mol. The molecule has 1 aliphatic rings. The number of carbonyl (C=O) groups excluding carboxylic acids is 1. The van der Waals surface area contributed by atoms with Crippen LogP contribution in [0, 0.1) is 0 Å². The second-order valence-electron chi connectivity index (χ2n) is 6.93. The Morgan fingerprint density at radius 3 is 2.46 bits per heavy atom. The number of benzene rings is 2. The Kier molecular flexibility index (Phi) is 5.62. The highest BCUT2D eigenvalue weighted by atomic mass is 16.5. The van der Waals surface area contributed by atoms with Crippen LogP contribution in [0.3, 0.4) is 0 Å². The van der Waals surface area contributed by atoms with Crippen molar-refractivity contribution in [2.24, 2.45) is 0 Å². The lowest BCUT2D eigenvalue weighted by molar-refractivity contribution is -0.137. The lowest BCUT2D eigenvalue weighted by atomic mass is 9.89. The highest BCUT2D eigenvalue weighted by Crippen LogP contribution is 2.43. The summed E-state index contributed by atoms with van der Waals surface area (Å²) in [5.41, 5.74) is 1.14. The largest absolute Gasteiger partial charge is 0.497 e. The van der Waals surface area contributed by atoms with Gasteiger partial charge in [-0.3, -0.25) is 4.79 Å². The van der Waals surface area contributed by atoms with Gasteiger partial charge in [-0.25, -0.2) is 0 Å². The van der Waals surface area contributed by atoms with Crippen molar-refractivity contribution in [3.8, 4) is 5.75 Å². The predicted octanol–water partition coefficient (Wildman–Crippen LogP) is 4.40. The number of fused-ring (bicyclic) bond motifs is 1. The fourth-order valence-corrected chi connectivity index (χ4v) is 3.63. The summed E-state index contributed by atoms with van der Waals surface area (Å²) >= 11 is 0. The summed E-state index contributed by atoms with van der Waals surface area (Å²) < 4.78 is 5.19. The van der Waals surface area contributed by atoms with Crippen molar-refractivity contribution in [1.82, 2.24) is 0 Å². The molecule has 1 N–H and O–H groups in total. The van der Waals surface area contributed by atoms with Crippen LogP contribution in [0.15, 0.2) is 48.5 Å². The summed E-state index contributed by atoms with van der Waals surface area (Å²) in [5, 5.41) is 11.2. The zero-order valence-electron chi connectivity index (χ0n) is 15.6. The van der Waals surface area contributed by atoms with E-state index in [-0.39, 0.29) is 5.91 Å². The number of carbonyl (C=O) groups is 1. The van der Waals surface area contributed by atoms with Crippen LogP contribution < -0.4 is 9.64 Å². The number of nitrogens with zero attached hydrogens (tertiary/aromatic N) is 1. The molecule has 4 heteroatoms. The Bertz CT molecular complexity index is 756. The van der Waals surface area contributed by atoms with E-state index in [0.29, 0.717) is 13.0 Å². The number of unbranched alkanes of at least 4 members (excludes halogenated alkanes) is 3. The minimum absolute atomic E-state index is 0.217. The van der Waals surface area contributed by atoms with Crippen LogP contribution in [0.2, 0.25) is 0 Å². The van der Waals surface area contributed by atoms with Crippen LogP contribution in [-0.2, 0) is 16.9 Å². The zero-order valence-corrected chi connectivity index (χ0v) is 15.6. The number of para-hydroxylation sites is 1. The van der Waals surface area contributed by atoms with E-state index in [0.717, 1.165) is 48.2 Å². The quantitative estimate of drug-likeness (QED) is 0.716. The number of amides is 1. The molecule has 0 fully saturated rings. The van der Waals surface area contributed by atoms with Gasteiger partial charge in [0.15, 0.2) is 5.60 Å². The molecule has 0 aromatic heterocycles. The van der Waals surface area contributed by atoms with Crippen LogP contribution in [0.4, 0.5) is 5.69 Å². The minimum Gasteiger partial charge on any atom is -0.497 e. The smallest absolute Gasteiger partial charge is 0.263 e. The van der Waals surface area contributed by atoms with E-state index in [9.17, 15) is 9.90 Å². The van der Waals surface area contributed by atoms with Crippen molar-refractivity contribution in [3.63, 3.8) is 0 Å². The number of hydrogen-bond donors (Lipinski definition) is 1. The summed E-state index contributed by atoms with van der Waals surface area (Å²) in [4.78, 5) is 14.8. The molecule has 1 heterocycles. The highest BCUT2D eigenvalue weighted by Gasteiger charge is 2.48. The standard InChI is InChI=1S/C22H27NO3/c1-3-4-5-8-15-22(25)19-9-6-7-10-20(19)23(21(22)24)16-17-11-13-18(26-2)14-12-17/h6-7,9-14,25H,3-5,8,15-16H2,1-2H3. The second kappa shape index (κ2) is 7.92. The first-order valence-electron chi connectivity index (χ1n) is 9.37. The van der Waals surface area contributed by atoms with Gasteiger partial charge in [-0.15, -0.1) is 0 Å². The Hall–Kier alpha value is -2.33. The molecule has 1 atom stereocenters. The molecular formula is C22H27NO3. The van der Waals surface area contributed by atoms with E-state index in [4.69, 9.17) is 4.74 Å². The number of anilines is 1. The Balaban J connectivity index is 1.83. The van der Waals surface area contributed by atoms with Crippen LogP contribution in [0.25, 0.3) is 0 Å². The molecule has 0 spiro atoms. The number of hydrogen-bond acceptors (Lipinski definition) is 3. The van der Waals surface area contributed by atoms with Gasteiger partial charge in [-0.05, 0) is 36.6 Å². The summed E-state index contributed by atoms with van der Waals surface area (Å²) in [6.45, 7) is 2.60. The maximum absolute atomic E-state index is 13.1. The summed E-state index contributed by atoms with van der Waals surface area (Å²) in [6.07, 6.45) is 4.61. The number of ether oxygens (including phenoxy) is 1. The van der Waals surface area contributed by atoms with Gasteiger partial charge in [0, 0.05) is 5.56 Å². The molecule has 1 amide bonds. The third-order valence-corrected chi connectivity index (χ3v) is 5.13. The lowest BCUT2D eigenvalue weighted by Gasteiger charge is -2.23. The van der Waals surface area contributed by atoms with E-state index >= 15 is 0 Å². The number of rotatable bonds is 8. The molecule has 26 heavy (non-hydrogen) atoms. The van der Waals surface area contributed by atoms with Crippen molar-refractivity contribution >= 4 is 11.6 Å². The average molecular weight is 353 g/mol. The van der Waals surface area contributed by atoms with E-state index < -0.39 is 5.60 Å². The van der Waals surface area contributed by atoms with E-state index in [1.165, 1.54) is 0 Å². The summed E-state index contributed by atoms with van der Waals surface area (Å²) in [5.74, 6) is 0.570. The van der Waals surface area contributed by atoms with E-state index in [2.05, 4.69) is 6.92 Å². The molecule has 2 aromatic rings. The Morgan fingerprint density at radius 1 is 1.04 bits per heavy atom. The van der Waals surface area contributed by atoms with Gasteiger partial charge in [0.05, 0.1) is 19.3 Å². The molecule has 1 unspecified atom stereocenters. The molecule has 0 saturated heterocycles. The first-order chi connectivity index (χ1) is 12.6. The Morgan fingerprint density at radius 2 is 1.77 bits per heavy atom. The first-order valence-corrected chi connectivity index (χ1v) is 9.37. The maximum Gasteiger partial charge on any atom is 0.263 e. The fraction of sp³-hybridized carbons (Fsp3) is 0.409. The van der Waals surface area contributed by atoms with Gasteiger partial charge >= 0.3 is 0 Å². The van der Waals surface area contributed by atoms with Gasteiger partial charge in [-0.1, -0.05) is 56.5 Å². The molecular weight excluding hydrogens is 326 g/mol. The Labute approximate surface area is 155 Å². The van der Waals surface area contributed by atoms with Gasteiger partial charge in [-0.2, -0.15) is 0 Å². The summed E-state index contributed by atoms with van der Waals surface area (Å²) in [7, 11) is 1.63. The van der Waals surface area contributed by atoms with Crippen molar-refractivity contribution in [1.29, 1.82) is 0 Å². The molecule has 0 aliphatic carbocycles. The SMILES string of the molecule is CCCCCCC1(O)C(=O)N(Cc2ccc(OC)cc2)c2ccccc21. The third-order valence-electron chi connectivity index (χ3n) is 5.13. The third kappa shape index (κ3) is 3.47. The van der Waals surface area contributed by atoms with Gasteiger partial charge < -0.3 is 14.7 Å². The van der Waals surface area contributed by atoms with Crippen molar-refractivity contribution in [2.45, 2.75) is 51.2 Å². The minimum atomic E-state index is -1.41. The average Bonchev–Trinajstić information content (AvgIpc) is 2.88. The number of aliphatic hydroxyl groups is 1. The van der Waals surface area contributed by atoms with Crippen molar-refractivity contribution in [3.05, 3.63) is 59.7 Å². The highest BCUT2D eigenvalue weighted by molar-refractivity contribution is 6.06. The normalized spacial score (nSPS) is 18.9. The van der Waals surface area contributed by atoms with Crippen LogP contribution in [0.1, 0.15) is 50.2 Å². The van der Waals surface area contributed by atoms with Crippen LogP contribution >= 0.6 is 0 Å². The number of methoxy groups -OCH3 is 1. The fourth-order valence-electron chi connectivity index (χ4n) is 3.63. The summed E-state index contributed by atoms with van der Waals surface area (Å²) in [6, 6.07) is 15.3. The molecule has 0 radical (unpaired) electrons. The molecule has 0 saturated carbocycles. The van der Waals surface area contributed by atoms with E-state index in [1.54, 1.807) is 12.0 Å². The van der Waals surface area contributed by atoms with Gasteiger partial charge in [0.1, 0.15) is 5.75 Å². The first kappa shape index (κ1) is 18.5. The van der Waals surface area contributed by atoms with Crippen LogP contribution in [-0.4, -0.2) is 18.1 Å². The van der Waals surface area contributed by atoms with Gasteiger partial charge in [0.2, 0.25) is 0 Å². The monoisotopic (exact) mass is 353 g/mol. The van der Waals surface area contributed by atoms with Gasteiger partial charge in [0.25, 0.3) is 5.91 Å². The van der Waals surface area contributed by atoms with Crippen LogP contribution in [0.5, 0.6) is 5.75 Å². The van der Waals surface area contributed by atoms with E-state index in [1.807, 2.05) is 48.5 Å². The molecule has 138 valence electrons. The zero-order chi connectivity index (χ0) is 18.6.